The molecule has 1 fully saturated rings. The van der Waals surface area contributed by atoms with Gasteiger partial charge < -0.3 is 9.88 Å². The number of fused-ring (bicyclic) bond motifs is 1. The second kappa shape index (κ2) is 9.50. The molecule has 4 rings (SSSR count). The lowest BCUT2D eigenvalue weighted by atomic mass is 9.97. The number of hydrogen-bond donors (Lipinski definition) is 1. The molecule has 1 aliphatic heterocycles. The summed E-state index contributed by atoms with van der Waals surface area (Å²) in [6, 6.07) is 10.0. The van der Waals surface area contributed by atoms with Gasteiger partial charge in [0.05, 0.1) is 15.9 Å². The van der Waals surface area contributed by atoms with Crippen molar-refractivity contribution in [2.24, 2.45) is 5.92 Å². The van der Waals surface area contributed by atoms with E-state index in [0.29, 0.717) is 43.9 Å². The Kier molecular flexibility index (Phi) is 6.82. The maximum Gasteiger partial charge on any atom is 0.243 e. The molecule has 0 radical (unpaired) electrons. The van der Waals surface area contributed by atoms with Gasteiger partial charge in [0.25, 0.3) is 0 Å². The van der Waals surface area contributed by atoms with Crippen molar-refractivity contribution >= 4 is 27.0 Å². The van der Waals surface area contributed by atoms with E-state index in [-0.39, 0.29) is 11.8 Å². The molecule has 8 heteroatoms. The summed E-state index contributed by atoms with van der Waals surface area (Å²) >= 11 is 0. The number of rotatable bonds is 6. The van der Waals surface area contributed by atoms with Gasteiger partial charge in [-0.25, -0.2) is 13.4 Å². The summed E-state index contributed by atoms with van der Waals surface area (Å²) in [4.78, 5) is 17.8. The van der Waals surface area contributed by atoms with E-state index in [2.05, 4.69) is 14.9 Å². The van der Waals surface area contributed by atoms with Crippen molar-refractivity contribution in [3.8, 4) is 0 Å². The largest absolute Gasteiger partial charge is 0.354 e. The number of hydrogen-bond acceptors (Lipinski definition) is 4. The lowest BCUT2D eigenvalue weighted by Crippen LogP contribution is -2.43. The van der Waals surface area contributed by atoms with Crippen LogP contribution in [0, 0.1) is 40.5 Å². The Labute approximate surface area is 202 Å². The summed E-state index contributed by atoms with van der Waals surface area (Å²) in [5, 5.41) is 3.05. The fraction of sp³-hybridized carbons (Fsp3) is 0.462. The van der Waals surface area contributed by atoms with Crippen LogP contribution in [0.5, 0.6) is 0 Å². The minimum Gasteiger partial charge on any atom is -0.354 e. The summed E-state index contributed by atoms with van der Waals surface area (Å²) in [6.07, 6.45) is 1.06. The number of nitrogens with zero attached hydrogens (tertiary/aromatic N) is 3. The van der Waals surface area contributed by atoms with Crippen LogP contribution < -0.4 is 5.32 Å². The molecule has 182 valence electrons. The van der Waals surface area contributed by atoms with Gasteiger partial charge in [-0.1, -0.05) is 18.2 Å². The fourth-order valence-corrected chi connectivity index (χ4v) is 7.01. The zero-order valence-electron chi connectivity index (χ0n) is 20.7. The Morgan fingerprint density at radius 2 is 1.65 bits per heavy atom. The number of sulfonamides is 1. The van der Waals surface area contributed by atoms with Crippen LogP contribution in [-0.2, 0) is 21.4 Å². The highest BCUT2D eigenvalue weighted by molar-refractivity contribution is 7.89. The second-order valence-electron chi connectivity index (χ2n) is 9.36. The predicted octanol–water partition coefficient (Wildman–Crippen LogP) is 3.80. The molecule has 0 saturated carbocycles. The molecule has 0 aliphatic carbocycles. The first-order valence-electron chi connectivity index (χ1n) is 11.9. The van der Waals surface area contributed by atoms with Gasteiger partial charge in [-0.2, -0.15) is 4.31 Å². The molecule has 7 nitrogen and oxygen atoms in total. The number of imidazole rings is 1. The number of benzene rings is 2. The summed E-state index contributed by atoms with van der Waals surface area (Å²) in [5.74, 6) is 0.748. The molecule has 2 aromatic carbocycles. The first-order chi connectivity index (χ1) is 16.1. The van der Waals surface area contributed by atoms with Gasteiger partial charge in [0.1, 0.15) is 5.82 Å². The van der Waals surface area contributed by atoms with Crippen molar-refractivity contribution < 1.29 is 13.2 Å². The normalized spacial score (nSPS) is 15.7. The molecule has 34 heavy (non-hydrogen) atoms. The Hall–Kier alpha value is -2.71. The molecule has 1 aliphatic rings. The third-order valence-corrected chi connectivity index (χ3v) is 9.37. The van der Waals surface area contributed by atoms with E-state index >= 15 is 0 Å². The van der Waals surface area contributed by atoms with Crippen LogP contribution in [0.25, 0.3) is 11.0 Å². The Morgan fingerprint density at radius 1 is 1.03 bits per heavy atom. The van der Waals surface area contributed by atoms with Crippen LogP contribution in [0.3, 0.4) is 0 Å². The molecule has 1 aromatic heterocycles. The second-order valence-corrected chi connectivity index (χ2v) is 11.2. The number of amides is 1. The summed E-state index contributed by atoms with van der Waals surface area (Å²) in [7, 11) is -3.60. The molecule has 0 unspecified atom stereocenters. The smallest absolute Gasteiger partial charge is 0.243 e. The average Bonchev–Trinajstić information content (AvgIpc) is 3.13. The summed E-state index contributed by atoms with van der Waals surface area (Å²) < 4.78 is 30.6. The maximum atomic E-state index is 13.5. The Balaban J connectivity index is 1.36. The first kappa shape index (κ1) is 24.4. The van der Waals surface area contributed by atoms with Crippen LogP contribution >= 0.6 is 0 Å². The van der Waals surface area contributed by atoms with E-state index in [9.17, 15) is 13.2 Å². The van der Waals surface area contributed by atoms with Gasteiger partial charge in [0.15, 0.2) is 0 Å². The molecular weight excluding hydrogens is 448 g/mol. The van der Waals surface area contributed by atoms with Crippen molar-refractivity contribution in [3.63, 3.8) is 0 Å². The number of nitrogens with one attached hydrogen (secondary N) is 1. The molecule has 1 saturated heterocycles. The minimum atomic E-state index is -3.60. The standard InChI is InChI=1S/C26H34N4O3S/c1-17-16-18(2)20(4)25(19(17)3)34(32,33)29-13-10-22(11-14-29)26(31)27-12-15-30-21(5)28-23-8-6-7-9-24(23)30/h6-9,16,22H,10-15H2,1-5H3,(H,27,31). The van der Waals surface area contributed by atoms with Gasteiger partial charge in [0.2, 0.25) is 15.9 Å². The number of carbonyl (C=O) groups excluding carboxylic acids is 1. The molecule has 3 aromatic rings. The van der Waals surface area contributed by atoms with Gasteiger partial charge in [0, 0.05) is 32.1 Å². The number of para-hydroxylation sites is 2. The zero-order valence-corrected chi connectivity index (χ0v) is 21.5. The van der Waals surface area contributed by atoms with E-state index in [0.717, 1.165) is 39.1 Å². The van der Waals surface area contributed by atoms with Crippen LogP contribution in [0.15, 0.2) is 35.2 Å². The van der Waals surface area contributed by atoms with E-state index < -0.39 is 10.0 Å². The molecule has 2 heterocycles. The van der Waals surface area contributed by atoms with Crippen molar-refractivity contribution in [1.82, 2.24) is 19.2 Å². The Bertz CT molecular complexity index is 1310. The summed E-state index contributed by atoms with van der Waals surface area (Å²) in [5.41, 5.74) is 5.60. The Morgan fingerprint density at radius 3 is 2.29 bits per heavy atom. The van der Waals surface area contributed by atoms with Crippen LogP contribution in [0.2, 0.25) is 0 Å². The van der Waals surface area contributed by atoms with Gasteiger partial charge in [-0.15, -0.1) is 0 Å². The van der Waals surface area contributed by atoms with E-state index in [1.54, 1.807) is 4.31 Å². The fourth-order valence-electron chi connectivity index (χ4n) is 4.97. The van der Waals surface area contributed by atoms with Gasteiger partial charge in [-0.05, 0) is 81.8 Å². The highest BCUT2D eigenvalue weighted by Crippen LogP contribution is 2.31. The highest BCUT2D eigenvalue weighted by Gasteiger charge is 2.34. The molecule has 0 bridgehead atoms. The van der Waals surface area contributed by atoms with Crippen LogP contribution in [0.1, 0.15) is 40.9 Å². The number of piperidine rings is 1. The minimum absolute atomic E-state index is 0.00196. The highest BCUT2D eigenvalue weighted by atomic mass is 32.2. The van der Waals surface area contributed by atoms with Gasteiger partial charge in [-0.3, -0.25) is 4.79 Å². The van der Waals surface area contributed by atoms with Crippen molar-refractivity contribution in [2.45, 2.75) is 58.9 Å². The summed E-state index contributed by atoms with van der Waals surface area (Å²) in [6.45, 7) is 11.5. The van der Waals surface area contributed by atoms with E-state index in [4.69, 9.17) is 0 Å². The molecule has 0 spiro atoms. The lowest BCUT2D eigenvalue weighted by molar-refractivity contribution is -0.126. The topological polar surface area (TPSA) is 84.3 Å². The number of aryl methyl sites for hydroxylation is 3. The van der Waals surface area contributed by atoms with Crippen molar-refractivity contribution in [1.29, 1.82) is 0 Å². The third kappa shape index (κ3) is 4.49. The van der Waals surface area contributed by atoms with Gasteiger partial charge >= 0.3 is 0 Å². The van der Waals surface area contributed by atoms with E-state index in [1.165, 1.54) is 0 Å². The first-order valence-corrected chi connectivity index (χ1v) is 13.3. The lowest BCUT2D eigenvalue weighted by Gasteiger charge is -2.32. The SMILES string of the molecule is Cc1cc(C)c(C)c(S(=O)(=O)N2CCC(C(=O)NCCn3c(C)nc4ccccc43)CC2)c1C. The van der Waals surface area contributed by atoms with Crippen LogP contribution in [0.4, 0.5) is 0 Å². The third-order valence-electron chi connectivity index (χ3n) is 7.20. The van der Waals surface area contributed by atoms with Crippen LogP contribution in [-0.4, -0.2) is 47.8 Å². The quantitative estimate of drug-likeness (QED) is 0.579. The number of carbonyl (C=O) groups is 1. The molecular formula is C26H34N4O3S. The predicted molar refractivity (Wildman–Crippen MR) is 134 cm³/mol. The molecule has 0 atom stereocenters. The maximum absolute atomic E-state index is 13.5. The monoisotopic (exact) mass is 482 g/mol. The number of aromatic nitrogens is 2. The molecule has 1 N–H and O–H groups in total. The van der Waals surface area contributed by atoms with E-state index in [1.807, 2.05) is 65.0 Å². The average molecular weight is 483 g/mol. The van der Waals surface area contributed by atoms with Crippen molar-refractivity contribution in [3.05, 3.63) is 58.4 Å². The zero-order chi connectivity index (χ0) is 24.6. The molecule has 1 amide bonds. The van der Waals surface area contributed by atoms with Crippen molar-refractivity contribution in [2.75, 3.05) is 19.6 Å².